The molecule has 0 aliphatic carbocycles. The Hall–Kier alpha value is -1.35. The number of nitrogens with zero attached hydrogens (tertiary/aromatic N) is 1. The Balaban J connectivity index is 2.29. The highest BCUT2D eigenvalue weighted by Gasteiger charge is 1.95. The van der Waals surface area contributed by atoms with Gasteiger partial charge in [0, 0.05) is 6.92 Å². The van der Waals surface area contributed by atoms with Gasteiger partial charge in [-0.05, 0) is 26.0 Å². The topological polar surface area (TPSA) is 30.8 Å². The van der Waals surface area contributed by atoms with Crippen LogP contribution in [0, 0.1) is 0 Å². The van der Waals surface area contributed by atoms with Crippen LogP contribution in [0.5, 0.6) is 5.75 Å². The van der Waals surface area contributed by atoms with Crippen molar-refractivity contribution < 1.29 is 9.47 Å². The van der Waals surface area contributed by atoms with E-state index in [-0.39, 0.29) is 6.10 Å². The largest absolute Gasteiger partial charge is 0.444 e. The van der Waals surface area contributed by atoms with E-state index in [9.17, 15) is 0 Å². The molecule has 0 saturated carbocycles. The Kier molecular flexibility index (Phi) is 5.57. The monoisotopic (exact) mass is 221 g/mol. The lowest BCUT2D eigenvalue weighted by atomic mass is 10.3. The Labute approximate surface area is 97.1 Å². The lowest BCUT2D eigenvalue weighted by Gasteiger charge is -2.06. The molecule has 0 saturated heterocycles. The van der Waals surface area contributed by atoms with Crippen LogP contribution in [0.15, 0.2) is 35.3 Å². The van der Waals surface area contributed by atoms with Gasteiger partial charge in [-0.2, -0.15) is 0 Å². The molecule has 0 bridgehead atoms. The number of para-hydroxylation sites is 1. The van der Waals surface area contributed by atoms with Gasteiger partial charge in [0.2, 0.25) is 0 Å². The molecule has 1 aromatic rings. The van der Waals surface area contributed by atoms with E-state index in [2.05, 4.69) is 4.99 Å². The second-order valence-corrected chi connectivity index (χ2v) is 3.74. The van der Waals surface area contributed by atoms with Gasteiger partial charge in [0.15, 0.2) is 5.90 Å². The first kappa shape index (κ1) is 12.7. The number of benzene rings is 1. The van der Waals surface area contributed by atoms with Gasteiger partial charge in [-0.15, -0.1) is 0 Å². The fraction of sp³-hybridized carbons (Fsp3) is 0.462. The van der Waals surface area contributed by atoms with Crippen LogP contribution in [0.2, 0.25) is 0 Å². The Bertz CT molecular complexity index is 320. The molecule has 0 aliphatic heterocycles. The molecule has 1 aromatic carbocycles. The lowest BCUT2D eigenvalue weighted by Crippen LogP contribution is -2.09. The van der Waals surface area contributed by atoms with Gasteiger partial charge >= 0.3 is 0 Å². The fourth-order valence-electron chi connectivity index (χ4n) is 1.18. The summed E-state index contributed by atoms with van der Waals surface area (Å²) in [4.78, 5) is 4.26. The van der Waals surface area contributed by atoms with Gasteiger partial charge in [0.25, 0.3) is 0 Å². The molecule has 0 aliphatic rings. The van der Waals surface area contributed by atoms with E-state index in [0.717, 1.165) is 5.75 Å². The van der Waals surface area contributed by atoms with E-state index < -0.39 is 0 Å². The zero-order chi connectivity index (χ0) is 11.8. The van der Waals surface area contributed by atoms with E-state index in [1.54, 1.807) is 0 Å². The van der Waals surface area contributed by atoms with Gasteiger partial charge in [0.05, 0.1) is 19.3 Å². The summed E-state index contributed by atoms with van der Waals surface area (Å²) in [6.07, 6.45) is 0.255. The minimum absolute atomic E-state index is 0.255. The first-order chi connectivity index (χ1) is 7.68. The van der Waals surface area contributed by atoms with Crippen molar-refractivity contribution in [1.82, 2.24) is 0 Å². The molecule has 3 nitrogen and oxygen atoms in total. The number of aliphatic imine (C=N–C) groups is 1. The molecule has 0 N–H and O–H groups in total. The lowest BCUT2D eigenvalue weighted by molar-refractivity contribution is 0.0852. The minimum Gasteiger partial charge on any atom is -0.444 e. The summed E-state index contributed by atoms with van der Waals surface area (Å²) in [5.41, 5.74) is 0. The van der Waals surface area contributed by atoms with E-state index >= 15 is 0 Å². The molecular weight excluding hydrogens is 202 g/mol. The molecule has 0 atom stereocenters. The summed E-state index contributed by atoms with van der Waals surface area (Å²) in [5, 5.41) is 0. The molecule has 1 rings (SSSR count). The zero-order valence-corrected chi connectivity index (χ0v) is 10.1. The van der Waals surface area contributed by atoms with Crippen molar-refractivity contribution >= 4 is 5.90 Å². The first-order valence-electron chi connectivity index (χ1n) is 5.54. The second-order valence-electron chi connectivity index (χ2n) is 3.74. The first-order valence-corrected chi connectivity index (χ1v) is 5.54. The molecule has 88 valence electrons. The predicted molar refractivity (Wildman–Crippen MR) is 66.1 cm³/mol. The normalized spacial score (nSPS) is 11.9. The fourth-order valence-corrected chi connectivity index (χ4v) is 1.18. The van der Waals surface area contributed by atoms with Crippen molar-refractivity contribution in [3.63, 3.8) is 0 Å². The molecule has 3 heteroatoms. The van der Waals surface area contributed by atoms with Gasteiger partial charge in [-0.3, -0.25) is 4.99 Å². The van der Waals surface area contributed by atoms with Crippen molar-refractivity contribution in [2.75, 3.05) is 13.2 Å². The van der Waals surface area contributed by atoms with Crippen LogP contribution in [0.3, 0.4) is 0 Å². The summed E-state index contributed by atoms with van der Waals surface area (Å²) in [6.45, 7) is 7.14. The zero-order valence-electron chi connectivity index (χ0n) is 10.1. The summed E-state index contributed by atoms with van der Waals surface area (Å²) in [7, 11) is 0. The van der Waals surface area contributed by atoms with Crippen LogP contribution in [0.4, 0.5) is 0 Å². The molecule has 0 heterocycles. The third-order valence-corrected chi connectivity index (χ3v) is 1.89. The van der Waals surface area contributed by atoms with E-state index in [4.69, 9.17) is 9.47 Å². The number of rotatable bonds is 5. The second kappa shape index (κ2) is 7.01. The molecule has 0 radical (unpaired) electrons. The van der Waals surface area contributed by atoms with Crippen LogP contribution >= 0.6 is 0 Å². The van der Waals surface area contributed by atoms with E-state index in [1.807, 2.05) is 51.1 Å². The number of hydrogen-bond donors (Lipinski definition) is 0. The van der Waals surface area contributed by atoms with Crippen LogP contribution in [-0.4, -0.2) is 25.2 Å². The highest BCUT2D eigenvalue weighted by molar-refractivity contribution is 5.75. The van der Waals surface area contributed by atoms with Crippen LogP contribution in [-0.2, 0) is 4.74 Å². The summed E-state index contributed by atoms with van der Waals surface area (Å²) in [5.74, 6) is 1.48. The van der Waals surface area contributed by atoms with Gasteiger partial charge in [0.1, 0.15) is 5.75 Å². The average molecular weight is 221 g/mol. The minimum atomic E-state index is 0.255. The maximum absolute atomic E-state index is 5.52. The maximum Gasteiger partial charge on any atom is 0.187 e. The maximum atomic E-state index is 5.52. The number of ether oxygens (including phenoxy) is 2. The van der Waals surface area contributed by atoms with Crippen molar-refractivity contribution in [2.24, 2.45) is 4.99 Å². The highest BCUT2D eigenvalue weighted by atomic mass is 16.5. The average Bonchev–Trinajstić information content (AvgIpc) is 2.25. The third kappa shape index (κ3) is 5.51. The Morgan fingerprint density at radius 2 is 1.94 bits per heavy atom. The SMILES string of the molecule is CC(=NCCOC(C)C)Oc1ccccc1. The van der Waals surface area contributed by atoms with Crippen molar-refractivity contribution in [3.8, 4) is 5.75 Å². The highest BCUT2D eigenvalue weighted by Crippen LogP contribution is 2.08. The molecule has 0 amide bonds. The molecule has 0 unspecified atom stereocenters. The standard InChI is InChI=1S/C13H19NO2/c1-11(2)15-10-9-14-12(3)16-13-7-5-4-6-8-13/h4-8,11H,9-10H2,1-3H3. The van der Waals surface area contributed by atoms with Crippen LogP contribution in [0.25, 0.3) is 0 Å². The Morgan fingerprint density at radius 3 is 2.56 bits per heavy atom. The molecular formula is C13H19NO2. The van der Waals surface area contributed by atoms with Crippen LogP contribution in [0.1, 0.15) is 20.8 Å². The van der Waals surface area contributed by atoms with Crippen LogP contribution < -0.4 is 4.74 Å². The summed E-state index contributed by atoms with van der Waals surface area (Å²) >= 11 is 0. The summed E-state index contributed by atoms with van der Waals surface area (Å²) in [6, 6.07) is 9.64. The van der Waals surface area contributed by atoms with Gasteiger partial charge < -0.3 is 9.47 Å². The van der Waals surface area contributed by atoms with Crippen molar-refractivity contribution in [3.05, 3.63) is 30.3 Å². The van der Waals surface area contributed by atoms with E-state index in [0.29, 0.717) is 19.0 Å². The van der Waals surface area contributed by atoms with Crippen molar-refractivity contribution in [1.29, 1.82) is 0 Å². The Morgan fingerprint density at radius 1 is 1.25 bits per heavy atom. The molecule has 0 aromatic heterocycles. The smallest absolute Gasteiger partial charge is 0.187 e. The molecule has 16 heavy (non-hydrogen) atoms. The van der Waals surface area contributed by atoms with Crippen molar-refractivity contribution in [2.45, 2.75) is 26.9 Å². The quantitative estimate of drug-likeness (QED) is 0.435. The van der Waals surface area contributed by atoms with E-state index in [1.165, 1.54) is 0 Å². The predicted octanol–water partition coefficient (Wildman–Crippen LogP) is 2.91. The third-order valence-electron chi connectivity index (χ3n) is 1.89. The molecule has 0 fully saturated rings. The van der Waals surface area contributed by atoms with Gasteiger partial charge in [-0.25, -0.2) is 0 Å². The number of hydrogen-bond acceptors (Lipinski definition) is 3. The summed E-state index contributed by atoms with van der Waals surface area (Å²) < 4.78 is 10.9. The van der Waals surface area contributed by atoms with Gasteiger partial charge in [-0.1, -0.05) is 18.2 Å². The molecule has 0 spiro atoms.